The molecule has 142 valence electrons. The molecule has 1 aliphatic rings. The molecule has 1 heterocycles. The highest BCUT2D eigenvalue weighted by Gasteiger charge is 2.42. The van der Waals surface area contributed by atoms with Gasteiger partial charge in [0.1, 0.15) is 0 Å². The molecule has 0 spiro atoms. The molecule has 1 saturated heterocycles. The number of nitrogens with zero attached hydrogens (tertiary/aromatic N) is 1. The van der Waals surface area contributed by atoms with Gasteiger partial charge in [-0.15, -0.1) is 0 Å². The highest BCUT2D eigenvalue weighted by atomic mass is 35.5. The van der Waals surface area contributed by atoms with Crippen LogP contribution in [0.3, 0.4) is 0 Å². The Kier molecular flexibility index (Phi) is 5.26. The molecule has 27 heavy (non-hydrogen) atoms. The van der Waals surface area contributed by atoms with Crippen molar-refractivity contribution >= 4 is 39.1 Å². The molecule has 3 rings (SSSR count). The summed E-state index contributed by atoms with van der Waals surface area (Å²) >= 11 is 6.13. The lowest BCUT2D eigenvalue weighted by atomic mass is 10.1. The van der Waals surface area contributed by atoms with E-state index in [1.165, 1.54) is 18.2 Å². The van der Waals surface area contributed by atoms with Crippen LogP contribution >= 0.6 is 11.6 Å². The molecule has 1 fully saturated rings. The Bertz CT molecular complexity index is 1020. The zero-order valence-corrected chi connectivity index (χ0v) is 16.5. The molecule has 1 atom stereocenters. The number of amides is 2. The lowest BCUT2D eigenvalue weighted by molar-refractivity contribution is -0.119. The van der Waals surface area contributed by atoms with Crippen molar-refractivity contribution < 1.29 is 18.0 Å². The predicted octanol–water partition coefficient (Wildman–Crippen LogP) is 2.89. The van der Waals surface area contributed by atoms with Gasteiger partial charge in [-0.25, -0.2) is 12.7 Å². The zero-order chi connectivity index (χ0) is 19.8. The normalized spacial score (nSPS) is 18.6. The van der Waals surface area contributed by atoms with Crippen LogP contribution in [0.1, 0.15) is 28.4 Å². The number of carbonyl (C=O) groups excluding carboxylic acids is 2. The molecule has 2 aromatic carbocycles. The van der Waals surface area contributed by atoms with E-state index in [9.17, 15) is 18.0 Å². The number of rotatable bonds is 4. The molecular formula is C19H19ClN2O4S. The average molecular weight is 407 g/mol. The number of aryl methyl sites for hydroxylation is 1. The van der Waals surface area contributed by atoms with Gasteiger partial charge >= 0.3 is 0 Å². The Morgan fingerprint density at radius 2 is 2.00 bits per heavy atom. The first-order valence-electron chi connectivity index (χ1n) is 8.39. The van der Waals surface area contributed by atoms with Gasteiger partial charge in [-0.1, -0.05) is 48.4 Å². The predicted molar refractivity (Wildman–Crippen MR) is 104 cm³/mol. The van der Waals surface area contributed by atoms with Crippen LogP contribution in [-0.4, -0.2) is 26.0 Å². The first-order valence-corrected chi connectivity index (χ1v) is 10.4. The SMILES string of the molecule is Cc1cccc(CNC(=O)c2cc(N3C(=O)C(C)CS3(=O)=O)ccc2Cl)c1. The van der Waals surface area contributed by atoms with Crippen LogP contribution in [-0.2, 0) is 21.4 Å². The number of benzene rings is 2. The average Bonchev–Trinajstić information content (AvgIpc) is 2.81. The highest BCUT2D eigenvalue weighted by Crippen LogP contribution is 2.31. The molecule has 0 aromatic heterocycles. The number of hydrogen-bond donors (Lipinski definition) is 1. The quantitative estimate of drug-likeness (QED) is 0.846. The van der Waals surface area contributed by atoms with E-state index in [2.05, 4.69) is 5.32 Å². The number of carbonyl (C=O) groups is 2. The highest BCUT2D eigenvalue weighted by molar-refractivity contribution is 7.94. The van der Waals surface area contributed by atoms with Gasteiger partial charge in [0.15, 0.2) is 0 Å². The molecule has 2 aromatic rings. The monoisotopic (exact) mass is 406 g/mol. The molecule has 2 amide bonds. The summed E-state index contributed by atoms with van der Waals surface area (Å²) in [6.45, 7) is 3.82. The summed E-state index contributed by atoms with van der Waals surface area (Å²) < 4.78 is 25.3. The van der Waals surface area contributed by atoms with E-state index in [1.807, 2.05) is 31.2 Å². The van der Waals surface area contributed by atoms with Gasteiger partial charge in [0, 0.05) is 6.54 Å². The van der Waals surface area contributed by atoms with E-state index in [1.54, 1.807) is 6.92 Å². The fourth-order valence-corrected chi connectivity index (χ4v) is 5.02. The maximum absolute atomic E-state index is 12.5. The molecular weight excluding hydrogens is 388 g/mol. The van der Waals surface area contributed by atoms with Gasteiger partial charge in [-0.2, -0.15) is 0 Å². The van der Waals surface area contributed by atoms with E-state index >= 15 is 0 Å². The van der Waals surface area contributed by atoms with Crippen molar-refractivity contribution in [3.8, 4) is 0 Å². The molecule has 0 aliphatic carbocycles. The second-order valence-corrected chi connectivity index (χ2v) is 8.89. The van der Waals surface area contributed by atoms with Crippen LogP contribution in [0.25, 0.3) is 0 Å². The number of nitrogens with one attached hydrogen (secondary N) is 1. The zero-order valence-electron chi connectivity index (χ0n) is 14.9. The van der Waals surface area contributed by atoms with Gasteiger partial charge in [-0.05, 0) is 30.7 Å². The minimum atomic E-state index is -3.74. The van der Waals surface area contributed by atoms with E-state index in [0.29, 0.717) is 6.54 Å². The summed E-state index contributed by atoms with van der Waals surface area (Å²) in [5, 5.41) is 2.94. The maximum atomic E-state index is 12.5. The summed E-state index contributed by atoms with van der Waals surface area (Å²) in [6, 6.07) is 11.9. The molecule has 6 nitrogen and oxygen atoms in total. The van der Waals surface area contributed by atoms with Crippen molar-refractivity contribution in [1.82, 2.24) is 5.32 Å². The fourth-order valence-electron chi connectivity index (χ4n) is 3.00. The van der Waals surface area contributed by atoms with Crippen molar-refractivity contribution in [2.75, 3.05) is 10.1 Å². The van der Waals surface area contributed by atoms with Crippen molar-refractivity contribution in [2.24, 2.45) is 5.92 Å². The number of hydrogen-bond acceptors (Lipinski definition) is 4. The van der Waals surface area contributed by atoms with Gasteiger partial charge in [-0.3, -0.25) is 9.59 Å². The van der Waals surface area contributed by atoms with Gasteiger partial charge in [0.2, 0.25) is 15.9 Å². The van der Waals surface area contributed by atoms with Crippen LogP contribution < -0.4 is 9.62 Å². The van der Waals surface area contributed by atoms with Crippen LogP contribution in [0.15, 0.2) is 42.5 Å². The first-order chi connectivity index (χ1) is 12.7. The smallest absolute Gasteiger partial charge is 0.253 e. The van der Waals surface area contributed by atoms with E-state index in [-0.39, 0.29) is 22.0 Å². The van der Waals surface area contributed by atoms with E-state index < -0.39 is 27.8 Å². The van der Waals surface area contributed by atoms with Crippen molar-refractivity contribution in [3.63, 3.8) is 0 Å². The van der Waals surface area contributed by atoms with Crippen LogP contribution in [0.5, 0.6) is 0 Å². The number of anilines is 1. The van der Waals surface area contributed by atoms with Crippen molar-refractivity contribution in [3.05, 3.63) is 64.2 Å². The fraction of sp³-hybridized carbons (Fsp3) is 0.263. The second kappa shape index (κ2) is 7.32. The minimum Gasteiger partial charge on any atom is -0.348 e. The maximum Gasteiger partial charge on any atom is 0.253 e. The summed E-state index contributed by atoms with van der Waals surface area (Å²) in [5.41, 5.74) is 2.24. The third kappa shape index (κ3) is 3.99. The first kappa shape index (κ1) is 19.4. The molecule has 1 aliphatic heterocycles. The second-order valence-electron chi connectivity index (χ2n) is 6.62. The Morgan fingerprint density at radius 1 is 1.26 bits per heavy atom. The lowest BCUT2D eigenvalue weighted by Crippen LogP contribution is -2.31. The molecule has 0 radical (unpaired) electrons. The molecule has 1 unspecified atom stereocenters. The summed E-state index contributed by atoms with van der Waals surface area (Å²) in [5.74, 6) is -1.82. The van der Waals surface area contributed by atoms with Gasteiger partial charge < -0.3 is 5.32 Å². The Labute approximate surface area is 163 Å². The van der Waals surface area contributed by atoms with E-state index in [0.717, 1.165) is 15.4 Å². The van der Waals surface area contributed by atoms with Gasteiger partial charge in [0.05, 0.1) is 27.9 Å². The minimum absolute atomic E-state index is 0.115. The standard InChI is InChI=1S/C19H19ClN2O4S/c1-12-4-3-5-14(8-12)10-21-18(23)16-9-15(6-7-17(16)20)22-19(24)13(2)11-27(22,25)26/h3-9,13H,10-11H2,1-2H3,(H,21,23). The third-order valence-corrected chi connectivity index (χ3v) is 6.52. The topological polar surface area (TPSA) is 83.6 Å². The summed E-state index contributed by atoms with van der Waals surface area (Å²) in [4.78, 5) is 24.8. The Morgan fingerprint density at radius 3 is 2.63 bits per heavy atom. The largest absolute Gasteiger partial charge is 0.348 e. The summed E-state index contributed by atoms with van der Waals surface area (Å²) in [7, 11) is -3.74. The lowest BCUT2D eigenvalue weighted by Gasteiger charge is -2.17. The summed E-state index contributed by atoms with van der Waals surface area (Å²) in [6.07, 6.45) is 0. The molecule has 1 N–H and O–H groups in total. The molecule has 8 heteroatoms. The van der Waals surface area contributed by atoms with Crippen LogP contribution in [0.4, 0.5) is 5.69 Å². The Balaban J connectivity index is 1.85. The van der Waals surface area contributed by atoms with Crippen molar-refractivity contribution in [2.45, 2.75) is 20.4 Å². The number of halogens is 1. The van der Waals surface area contributed by atoms with Crippen LogP contribution in [0.2, 0.25) is 5.02 Å². The third-order valence-electron chi connectivity index (χ3n) is 4.33. The van der Waals surface area contributed by atoms with Crippen molar-refractivity contribution in [1.29, 1.82) is 0 Å². The van der Waals surface area contributed by atoms with Gasteiger partial charge in [0.25, 0.3) is 5.91 Å². The molecule has 0 bridgehead atoms. The van der Waals surface area contributed by atoms with E-state index in [4.69, 9.17) is 11.6 Å². The number of sulfonamides is 1. The molecule has 0 saturated carbocycles. The van der Waals surface area contributed by atoms with Crippen LogP contribution in [0, 0.1) is 12.8 Å². The Hall–Kier alpha value is -2.38.